The lowest BCUT2D eigenvalue weighted by Gasteiger charge is -2.23. The summed E-state index contributed by atoms with van der Waals surface area (Å²) in [5.41, 5.74) is 0.962. The van der Waals surface area contributed by atoms with Crippen LogP contribution in [0.3, 0.4) is 0 Å². The van der Waals surface area contributed by atoms with Gasteiger partial charge in [-0.1, -0.05) is 15.9 Å². The van der Waals surface area contributed by atoms with Crippen LogP contribution >= 0.6 is 15.9 Å². The number of aromatic nitrogens is 2. The molecule has 1 N–H and O–H groups in total. The number of halogens is 1. The zero-order chi connectivity index (χ0) is 17.4. The van der Waals surface area contributed by atoms with Crippen molar-refractivity contribution in [3.05, 3.63) is 22.8 Å². The average Bonchev–Trinajstić information content (AvgIpc) is 3.22. The number of benzene rings is 1. The predicted octanol–water partition coefficient (Wildman–Crippen LogP) is 3.63. The molecule has 2 saturated heterocycles. The third-order valence-electron chi connectivity index (χ3n) is 4.78. The summed E-state index contributed by atoms with van der Waals surface area (Å²) in [6.07, 6.45) is 4.61. The number of hydrogen-bond acceptors (Lipinski definition) is 4. The zero-order valence-corrected chi connectivity index (χ0v) is 15.3. The van der Waals surface area contributed by atoms with Crippen molar-refractivity contribution in [3.8, 4) is 5.75 Å². The molecule has 3 heterocycles. The normalized spacial score (nSPS) is 24.0. The number of amides is 1. The second-order valence-corrected chi connectivity index (χ2v) is 7.42. The van der Waals surface area contributed by atoms with E-state index in [1.807, 2.05) is 16.8 Å². The summed E-state index contributed by atoms with van der Waals surface area (Å²) < 4.78 is 14.8. The molecule has 0 bridgehead atoms. The fourth-order valence-corrected chi connectivity index (χ4v) is 3.93. The highest BCUT2D eigenvalue weighted by atomic mass is 79.9. The third-order valence-corrected chi connectivity index (χ3v) is 5.24. The number of hydrogen-bond donors (Lipinski definition) is 1. The highest BCUT2D eigenvalue weighted by Crippen LogP contribution is 2.34. The molecule has 25 heavy (non-hydrogen) atoms. The van der Waals surface area contributed by atoms with Crippen molar-refractivity contribution in [2.45, 2.75) is 38.0 Å². The standard InChI is InChI=1S/C17H20BrN3O4/c18-11-7-14-13(9-19-21(14)16-3-1-2-6-24-16)15(8-11)25-12-4-5-20(10-12)17(22)23/h7-9,12,16H,1-6,10H2,(H,22,23)/t12-,16?/m0/s1. The van der Waals surface area contributed by atoms with E-state index in [0.29, 0.717) is 19.5 Å². The Morgan fingerprint density at radius 1 is 1.36 bits per heavy atom. The highest BCUT2D eigenvalue weighted by Gasteiger charge is 2.28. The van der Waals surface area contributed by atoms with Crippen LogP contribution in [0.5, 0.6) is 5.75 Å². The molecule has 0 saturated carbocycles. The first-order valence-electron chi connectivity index (χ1n) is 8.55. The van der Waals surface area contributed by atoms with E-state index in [4.69, 9.17) is 14.6 Å². The maximum Gasteiger partial charge on any atom is 0.407 e. The van der Waals surface area contributed by atoms with Crippen LogP contribution in [0.15, 0.2) is 22.8 Å². The van der Waals surface area contributed by atoms with Crippen LogP contribution in [0.25, 0.3) is 10.9 Å². The summed E-state index contributed by atoms with van der Waals surface area (Å²) in [5.74, 6) is 0.726. The van der Waals surface area contributed by atoms with Gasteiger partial charge in [0.1, 0.15) is 11.9 Å². The Morgan fingerprint density at radius 2 is 2.24 bits per heavy atom. The molecule has 8 heteroatoms. The van der Waals surface area contributed by atoms with Gasteiger partial charge >= 0.3 is 6.09 Å². The minimum absolute atomic E-state index is 0.0395. The van der Waals surface area contributed by atoms with Crippen molar-refractivity contribution in [1.82, 2.24) is 14.7 Å². The Labute approximate surface area is 153 Å². The van der Waals surface area contributed by atoms with Gasteiger partial charge in [0, 0.05) is 24.0 Å². The molecule has 0 aliphatic carbocycles. The maximum absolute atomic E-state index is 11.1. The fraction of sp³-hybridized carbons (Fsp3) is 0.529. The Morgan fingerprint density at radius 3 is 2.96 bits per heavy atom. The van der Waals surface area contributed by atoms with Crippen LogP contribution in [0.4, 0.5) is 4.79 Å². The fourth-order valence-electron chi connectivity index (χ4n) is 3.50. The van der Waals surface area contributed by atoms with E-state index in [9.17, 15) is 4.79 Å². The van der Waals surface area contributed by atoms with E-state index in [1.165, 1.54) is 4.90 Å². The lowest BCUT2D eigenvalue weighted by molar-refractivity contribution is -0.0366. The number of nitrogens with zero attached hydrogens (tertiary/aromatic N) is 3. The Bertz CT molecular complexity index is 788. The molecule has 2 aliphatic heterocycles. The van der Waals surface area contributed by atoms with Crippen molar-refractivity contribution < 1.29 is 19.4 Å². The molecular weight excluding hydrogens is 390 g/mol. The number of rotatable bonds is 3. The largest absolute Gasteiger partial charge is 0.488 e. The molecule has 0 radical (unpaired) electrons. The molecule has 2 atom stereocenters. The zero-order valence-electron chi connectivity index (χ0n) is 13.7. The van der Waals surface area contributed by atoms with Crippen LogP contribution < -0.4 is 4.74 Å². The highest BCUT2D eigenvalue weighted by molar-refractivity contribution is 9.10. The topological polar surface area (TPSA) is 76.8 Å². The molecule has 0 spiro atoms. The number of carboxylic acid groups (broad SMARTS) is 1. The number of ether oxygens (including phenoxy) is 2. The molecule has 2 fully saturated rings. The molecule has 1 aromatic heterocycles. The van der Waals surface area contributed by atoms with Gasteiger partial charge in [-0.2, -0.15) is 5.10 Å². The van der Waals surface area contributed by atoms with Gasteiger partial charge in [0.25, 0.3) is 0 Å². The second kappa shape index (κ2) is 6.84. The number of carbonyl (C=O) groups is 1. The van der Waals surface area contributed by atoms with Crippen LogP contribution in [0.1, 0.15) is 31.9 Å². The number of fused-ring (bicyclic) bond motifs is 1. The van der Waals surface area contributed by atoms with Gasteiger partial charge in [0.15, 0.2) is 6.23 Å². The third kappa shape index (κ3) is 3.32. The first kappa shape index (κ1) is 16.7. The monoisotopic (exact) mass is 409 g/mol. The van der Waals surface area contributed by atoms with Gasteiger partial charge in [-0.3, -0.25) is 0 Å². The van der Waals surface area contributed by atoms with Gasteiger partial charge in [-0.05, 0) is 31.4 Å². The Balaban J connectivity index is 1.61. The first-order chi connectivity index (χ1) is 12.1. The summed E-state index contributed by atoms with van der Waals surface area (Å²) >= 11 is 3.54. The van der Waals surface area contributed by atoms with Gasteiger partial charge in [0.2, 0.25) is 0 Å². The maximum atomic E-state index is 11.1. The van der Waals surface area contributed by atoms with Gasteiger partial charge < -0.3 is 19.5 Å². The molecule has 7 nitrogen and oxygen atoms in total. The van der Waals surface area contributed by atoms with Gasteiger partial charge in [-0.15, -0.1) is 0 Å². The van der Waals surface area contributed by atoms with Crippen LogP contribution in [-0.2, 0) is 4.74 Å². The molecule has 2 aliphatic rings. The van der Waals surface area contributed by atoms with E-state index < -0.39 is 6.09 Å². The van der Waals surface area contributed by atoms with Crippen LogP contribution in [0.2, 0.25) is 0 Å². The summed E-state index contributed by atoms with van der Waals surface area (Å²) in [5, 5.41) is 14.5. The SMILES string of the molecule is O=C(O)N1CC[C@H](Oc2cc(Br)cc3c2cnn3C2CCCCO2)C1. The summed E-state index contributed by atoms with van der Waals surface area (Å²) in [6.45, 7) is 1.66. The minimum atomic E-state index is -0.896. The average molecular weight is 410 g/mol. The van der Waals surface area contributed by atoms with Crippen LogP contribution in [0, 0.1) is 0 Å². The Hall–Kier alpha value is -1.80. The van der Waals surface area contributed by atoms with Crippen molar-refractivity contribution in [2.24, 2.45) is 0 Å². The minimum Gasteiger partial charge on any atom is -0.488 e. The molecule has 1 amide bonds. The lowest BCUT2D eigenvalue weighted by Crippen LogP contribution is -2.29. The van der Waals surface area contributed by atoms with Crippen LogP contribution in [-0.4, -0.2) is 51.7 Å². The molecule has 2 aromatic rings. The molecular formula is C17H20BrN3O4. The van der Waals surface area contributed by atoms with E-state index in [-0.39, 0.29) is 12.3 Å². The number of likely N-dealkylation sites (tertiary alicyclic amines) is 1. The van der Waals surface area contributed by atoms with Crippen molar-refractivity contribution in [2.75, 3.05) is 19.7 Å². The molecule has 1 unspecified atom stereocenters. The van der Waals surface area contributed by atoms with Gasteiger partial charge in [-0.25, -0.2) is 9.48 Å². The smallest absolute Gasteiger partial charge is 0.407 e. The van der Waals surface area contributed by atoms with Crippen molar-refractivity contribution in [1.29, 1.82) is 0 Å². The summed E-state index contributed by atoms with van der Waals surface area (Å²) in [6, 6.07) is 3.94. The first-order valence-corrected chi connectivity index (χ1v) is 9.34. The second-order valence-electron chi connectivity index (χ2n) is 6.50. The lowest BCUT2D eigenvalue weighted by atomic mass is 10.2. The molecule has 134 valence electrons. The van der Waals surface area contributed by atoms with E-state index in [1.54, 1.807) is 6.20 Å². The van der Waals surface area contributed by atoms with Gasteiger partial charge in [0.05, 0.1) is 23.6 Å². The molecule has 4 rings (SSSR count). The van der Waals surface area contributed by atoms with Crippen molar-refractivity contribution in [3.63, 3.8) is 0 Å². The van der Waals surface area contributed by atoms with Crippen molar-refractivity contribution >= 4 is 32.9 Å². The predicted molar refractivity (Wildman–Crippen MR) is 94.9 cm³/mol. The quantitative estimate of drug-likeness (QED) is 0.837. The van der Waals surface area contributed by atoms with E-state index in [0.717, 1.165) is 47.0 Å². The van der Waals surface area contributed by atoms with E-state index >= 15 is 0 Å². The summed E-state index contributed by atoms with van der Waals surface area (Å²) in [7, 11) is 0. The molecule has 1 aromatic carbocycles. The Kier molecular flexibility index (Phi) is 4.56. The summed E-state index contributed by atoms with van der Waals surface area (Å²) in [4.78, 5) is 12.5. The van der Waals surface area contributed by atoms with E-state index in [2.05, 4.69) is 21.0 Å².